The van der Waals surface area contributed by atoms with Crippen LogP contribution in [0.5, 0.6) is 0 Å². The van der Waals surface area contributed by atoms with Crippen molar-refractivity contribution in [2.75, 3.05) is 6.54 Å². The van der Waals surface area contributed by atoms with Crippen molar-refractivity contribution in [2.45, 2.75) is 58.4 Å². The highest BCUT2D eigenvalue weighted by Crippen LogP contribution is 2.23. The van der Waals surface area contributed by atoms with Crippen LogP contribution >= 0.6 is 0 Å². The molecular formula is C18H27N. The van der Waals surface area contributed by atoms with E-state index in [0.29, 0.717) is 0 Å². The number of fused-ring (bicyclic) bond motifs is 1. The van der Waals surface area contributed by atoms with Crippen LogP contribution in [0.3, 0.4) is 0 Å². The molecule has 1 aromatic rings. The van der Waals surface area contributed by atoms with Crippen molar-refractivity contribution >= 4 is 0 Å². The normalized spacial score (nSPS) is 15.1. The Morgan fingerprint density at radius 1 is 1.11 bits per heavy atom. The Labute approximate surface area is 118 Å². The lowest BCUT2D eigenvalue weighted by Gasteiger charge is -2.19. The zero-order chi connectivity index (χ0) is 13.7. The largest absolute Gasteiger partial charge is 0.312 e. The number of benzene rings is 1. The highest BCUT2D eigenvalue weighted by Gasteiger charge is 2.10. The predicted molar refractivity (Wildman–Crippen MR) is 83.7 cm³/mol. The van der Waals surface area contributed by atoms with E-state index in [1.54, 1.807) is 11.1 Å². The third kappa shape index (κ3) is 4.83. The number of rotatable bonds is 5. The molecule has 0 radical (unpaired) electrons. The van der Waals surface area contributed by atoms with E-state index in [1.165, 1.54) is 24.8 Å². The second kappa shape index (κ2) is 6.38. The van der Waals surface area contributed by atoms with Crippen molar-refractivity contribution in [3.63, 3.8) is 0 Å². The molecule has 0 unspecified atom stereocenters. The summed E-state index contributed by atoms with van der Waals surface area (Å²) in [6.45, 7) is 7.69. The SMILES string of the molecule is CC(C)(C)NCCC=CCc1ccc2c(c1)CCC2. The van der Waals surface area contributed by atoms with Gasteiger partial charge in [-0.25, -0.2) is 0 Å². The number of hydrogen-bond donors (Lipinski definition) is 1. The van der Waals surface area contributed by atoms with E-state index < -0.39 is 0 Å². The first-order chi connectivity index (χ1) is 9.04. The van der Waals surface area contributed by atoms with Gasteiger partial charge in [-0.05, 0) is 76.1 Å². The Morgan fingerprint density at radius 3 is 2.68 bits per heavy atom. The molecule has 0 spiro atoms. The zero-order valence-electron chi connectivity index (χ0n) is 12.6. The van der Waals surface area contributed by atoms with Gasteiger partial charge in [-0.2, -0.15) is 0 Å². The highest BCUT2D eigenvalue weighted by molar-refractivity contribution is 5.35. The quantitative estimate of drug-likeness (QED) is 0.620. The summed E-state index contributed by atoms with van der Waals surface area (Å²) < 4.78 is 0. The fraction of sp³-hybridized carbons (Fsp3) is 0.556. The molecule has 0 amide bonds. The van der Waals surface area contributed by atoms with Gasteiger partial charge in [0.05, 0.1) is 0 Å². The molecule has 0 fully saturated rings. The van der Waals surface area contributed by atoms with Crippen LogP contribution in [-0.4, -0.2) is 12.1 Å². The molecule has 0 saturated heterocycles. The molecule has 0 bridgehead atoms. The second-order valence-corrected chi connectivity index (χ2v) is 6.60. The lowest BCUT2D eigenvalue weighted by Crippen LogP contribution is -2.36. The Hall–Kier alpha value is -1.08. The van der Waals surface area contributed by atoms with Gasteiger partial charge in [-0.15, -0.1) is 0 Å². The molecule has 104 valence electrons. The summed E-state index contributed by atoms with van der Waals surface area (Å²) in [6.07, 6.45) is 10.7. The number of hydrogen-bond acceptors (Lipinski definition) is 1. The van der Waals surface area contributed by atoms with E-state index in [4.69, 9.17) is 0 Å². The molecule has 1 heteroatoms. The van der Waals surface area contributed by atoms with Crippen molar-refractivity contribution in [1.82, 2.24) is 5.32 Å². The first-order valence-electron chi connectivity index (χ1n) is 7.55. The average Bonchev–Trinajstić information content (AvgIpc) is 2.79. The van der Waals surface area contributed by atoms with Crippen molar-refractivity contribution in [1.29, 1.82) is 0 Å². The smallest absolute Gasteiger partial charge is 0.00966 e. The number of aryl methyl sites for hydroxylation is 2. The molecule has 1 aliphatic carbocycles. The van der Waals surface area contributed by atoms with Crippen LogP contribution < -0.4 is 5.32 Å². The van der Waals surface area contributed by atoms with Crippen LogP contribution in [-0.2, 0) is 19.3 Å². The minimum absolute atomic E-state index is 0.230. The van der Waals surface area contributed by atoms with Crippen LogP contribution in [0.25, 0.3) is 0 Å². The molecule has 2 rings (SSSR count). The maximum absolute atomic E-state index is 3.50. The van der Waals surface area contributed by atoms with Gasteiger partial charge in [0.1, 0.15) is 0 Å². The summed E-state index contributed by atoms with van der Waals surface area (Å²) in [6, 6.07) is 7.02. The molecular weight excluding hydrogens is 230 g/mol. The summed E-state index contributed by atoms with van der Waals surface area (Å²) in [5.41, 5.74) is 4.84. The van der Waals surface area contributed by atoms with Gasteiger partial charge in [0.15, 0.2) is 0 Å². The minimum atomic E-state index is 0.230. The molecule has 0 saturated carbocycles. The second-order valence-electron chi connectivity index (χ2n) is 6.60. The first kappa shape index (κ1) is 14.3. The Bertz CT molecular complexity index is 437. The van der Waals surface area contributed by atoms with Gasteiger partial charge in [0.2, 0.25) is 0 Å². The van der Waals surface area contributed by atoms with Crippen LogP contribution in [0.15, 0.2) is 30.4 Å². The van der Waals surface area contributed by atoms with E-state index in [9.17, 15) is 0 Å². The molecule has 0 aromatic heterocycles. The molecule has 19 heavy (non-hydrogen) atoms. The third-order valence-electron chi connectivity index (χ3n) is 3.65. The van der Waals surface area contributed by atoms with Gasteiger partial charge < -0.3 is 5.32 Å². The topological polar surface area (TPSA) is 12.0 Å². The Balaban J connectivity index is 1.73. The van der Waals surface area contributed by atoms with Gasteiger partial charge >= 0.3 is 0 Å². The van der Waals surface area contributed by atoms with Crippen LogP contribution in [0.2, 0.25) is 0 Å². The summed E-state index contributed by atoms with van der Waals surface area (Å²) in [5.74, 6) is 0. The summed E-state index contributed by atoms with van der Waals surface area (Å²) >= 11 is 0. The predicted octanol–water partition coefficient (Wildman–Crippen LogP) is 4.05. The van der Waals surface area contributed by atoms with Gasteiger partial charge in [-0.1, -0.05) is 30.4 Å². The molecule has 1 N–H and O–H groups in total. The highest BCUT2D eigenvalue weighted by atomic mass is 14.9. The van der Waals surface area contributed by atoms with Crippen molar-refractivity contribution in [2.24, 2.45) is 0 Å². The summed E-state index contributed by atoms with van der Waals surface area (Å²) in [4.78, 5) is 0. The van der Waals surface area contributed by atoms with E-state index in [0.717, 1.165) is 19.4 Å². The van der Waals surface area contributed by atoms with E-state index in [2.05, 4.69) is 56.4 Å². The van der Waals surface area contributed by atoms with E-state index >= 15 is 0 Å². The fourth-order valence-electron chi connectivity index (χ4n) is 2.62. The zero-order valence-corrected chi connectivity index (χ0v) is 12.6. The summed E-state index contributed by atoms with van der Waals surface area (Å²) in [5, 5.41) is 3.50. The first-order valence-corrected chi connectivity index (χ1v) is 7.55. The molecule has 1 aliphatic rings. The van der Waals surface area contributed by atoms with Crippen LogP contribution in [0.4, 0.5) is 0 Å². The maximum Gasteiger partial charge on any atom is 0.00966 e. The molecule has 0 aliphatic heterocycles. The standard InChI is InChI=1S/C18H27N/c1-18(2,3)19-13-6-4-5-8-15-11-12-16-9-7-10-17(16)14-15/h4-5,11-12,14,19H,6-10,13H2,1-3H3. The lowest BCUT2D eigenvalue weighted by molar-refractivity contribution is 0.431. The van der Waals surface area contributed by atoms with Crippen molar-refractivity contribution in [3.8, 4) is 0 Å². The Morgan fingerprint density at radius 2 is 1.89 bits per heavy atom. The van der Waals surface area contributed by atoms with Crippen molar-refractivity contribution < 1.29 is 0 Å². The average molecular weight is 257 g/mol. The third-order valence-corrected chi connectivity index (χ3v) is 3.65. The molecule has 0 atom stereocenters. The molecule has 1 nitrogen and oxygen atoms in total. The van der Waals surface area contributed by atoms with Gasteiger partial charge in [0.25, 0.3) is 0 Å². The number of nitrogens with one attached hydrogen (secondary N) is 1. The van der Waals surface area contributed by atoms with Gasteiger partial charge in [-0.3, -0.25) is 0 Å². The van der Waals surface area contributed by atoms with E-state index in [-0.39, 0.29) is 5.54 Å². The lowest BCUT2D eigenvalue weighted by atomic mass is 10.0. The fourth-order valence-corrected chi connectivity index (χ4v) is 2.62. The number of allylic oxidation sites excluding steroid dienone is 1. The molecule has 1 aromatic carbocycles. The summed E-state index contributed by atoms with van der Waals surface area (Å²) in [7, 11) is 0. The van der Waals surface area contributed by atoms with Crippen LogP contribution in [0.1, 0.15) is 50.3 Å². The molecule has 0 heterocycles. The van der Waals surface area contributed by atoms with Crippen molar-refractivity contribution in [3.05, 3.63) is 47.0 Å². The Kier molecular flexibility index (Phi) is 4.81. The van der Waals surface area contributed by atoms with E-state index in [1.807, 2.05) is 0 Å². The monoisotopic (exact) mass is 257 g/mol. The van der Waals surface area contributed by atoms with Crippen LogP contribution in [0, 0.1) is 0 Å². The minimum Gasteiger partial charge on any atom is -0.312 e. The maximum atomic E-state index is 3.50. The van der Waals surface area contributed by atoms with Gasteiger partial charge in [0, 0.05) is 5.54 Å².